The maximum Gasteiger partial charge on any atom is 0.232 e. The lowest BCUT2D eigenvalue weighted by Gasteiger charge is -2.24. The Morgan fingerprint density at radius 1 is 1.17 bits per heavy atom. The van der Waals surface area contributed by atoms with Gasteiger partial charge < -0.3 is 9.80 Å². The summed E-state index contributed by atoms with van der Waals surface area (Å²) in [5, 5.41) is 0. The molecule has 3 nitrogen and oxygen atoms in total. The predicted octanol–water partition coefficient (Wildman–Crippen LogP) is 1.94. The summed E-state index contributed by atoms with van der Waals surface area (Å²) in [5.74, 6) is 0.772. The van der Waals surface area contributed by atoms with Crippen LogP contribution in [0.3, 0.4) is 0 Å². The number of amides is 1. The maximum absolute atomic E-state index is 12.0. The highest BCUT2D eigenvalue weighted by Gasteiger charge is 2.13. The lowest BCUT2D eigenvalue weighted by atomic mass is 10.2. The Morgan fingerprint density at radius 3 is 2.39 bits per heavy atom. The van der Waals surface area contributed by atoms with E-state index in [0.29, 0.717) is 12.3 Å². The van der Waals surface area contributed by atoms with Gasteiger partial charge in [0.25, 0.3) is 0 Å². The topological polar surface area (TPSA) is 23.6 Å². The molecule has 0 aliphatic rings. The largest absolute Gasteiger partial charge is 0.336 e. The molecule has 0 aliphatic heterocycles. The van der Waals surface area contributed by atoms with E-state index in [0.717, 1.165) is 13.1 Å². The van der Waals surface area contributed by atoms with Gasteiger partial charge in [0.15, 0.2) is 0 Å². The van der Waals surface area contributed by atoms with E-state index in [1.165, 1.54) is 5.56 Å². The number of likely N-dealkylation sites (N-methyl/N-ethyl adjacent to an activating group) is 1. The summed E-state index contributed by atoms with van der Waals surface area (Å²) >= 11 is 1.58. The number of hydrogen-bond donors (Lipinski definition) is 0. The highest BCUT2D eigenvalue weighted by molar-refractivity contribution is 7.99. The average molecular weight is 266 g/mol. The fraction of sp³-hybridized carbons (Fsp3) is 0.500. The minimum absolute atomic E-state index is 0.216. The lowest BCUT2D eigenvalue weighted by Crippen LogP contribution is -2.37. The first-order chi connectivity index (χ1) is 8.63. The van der Waals surface area contributed by atoms with Crippen LogP contribution in [0.25, 0.3) is 0 Å². The summed E-state index contributed by atoms with van der Waals surface area (Å²) in [7, 11) is 4.06. The van der Waals surface area contributed by atoms with Gasteiger partial charge in [0.2, 0.25) is 5.91 Å². The zero-order valence-electron chi connectivity index (χ0n) is 11.4. The third kappa shape index (κ3) is 5.56. The van der Waals surface area contributed by atoms with Crippen molar-refractivity contribution in [3.8, 4) is 0 Å². The van der Waals surface area contributed by atoms with Crippen LogP contribution in [-0.2, 0) is 11.3 Å². The number of hydrogen-bond acceptors (Lipinski definition) is 3. The highest BCUT2D eigenvalue weighted by atomic mass is 32.2. The van der Waals surface area contributed by atoms with Crippen molar-refractivity contribution in [1.29, 1.82) is 0 Å². The van der Waals surface area contributed by atoms with E-state index in [2.05, 4.69) is 17.0 Å². The summed E-state index contributed by atoms with van der Waals surface area (Å²) in [4.78, 5) is 16.1. The van der Waals surface area contributed by atoms with E-state index in [1.54, 1.807) is 11.8 Å². The van der Waals surface area contributed by atoms with Crippen LogP contribution in [-0.4, -0.2) is 54.9 Å². The summed E-state index contributed by atoms with van der Waals surface area (Å²) in [5.41, 5.74) is 1.19. The van der Waals surface area contributed by atoms with E-state index in [4.69, 9.17) is 0 Å². The number of rotatable bonds is 7. The Labute approximate surface area is 114 Å². The molecule has 0 radical (unpaired) electrons. The Kier molecular flexibility index (Phi) is 6.83. The zero-order valence-corrected chi connectivity index (χ0v) is 12.2. The van der Waals surface area contributed by atoms with Crippen LogP contribution in [0.1, 0.15) is 5.56 Å². The van der Waals surface area contributed by atoms with Crippen LogP contribution in [0.4, 0.5) is 0 Å². The van der Waals surface area contributed by atoms with Gasteiger partial charge in [-0.1, -0.05) is 30.3 Å². The van der Waals surface area contributed by atoms with E-state index < -0.39 is 0 Å². The first-order valence-corrected chi connectivity index (χ1v) is 7.48. The molecule has 18 heavy (non-hydrogen) atoms. The average Bonchev–Trinajstić information content (AvgIpc) is 2.35. The van der Waals surface area contributed by atoms with E-state index in [1.807, 2.05) is 43.5 Å². The number of carbonyl (C=O) groups excluding carboxylic acids is 1. The molecule has 0 fully saturated rings. The molecule has 0 aromatic heterocycles. The second-order valence-electron chi connectivity index (χ2n) is 4.54. The Balaban J connectivity index is 2.62. The minimum Gasteiger partial charge on any atom is -0.336 e. The molecule has 1 aromatic rings. The van der Waals surface area contributed by atoms with Crippen LogP contribution in [0.15, 0.2) is 30.3 Å². The molecule has 0 aliphatic carbocycles. The number of benzene rings is 1. The fourth-order valence-electron chi connectivity index (χ4n) is 1.63. The molecule has 4 heteroatoms. The molecule has 1 amide bonds. The first kappa shape index (κ1) is 15.1. The third-order valence-corrected chi connectivity index (χ3v) is 3.19. The van der Waals surface area contributed by atoms with Crippen molar-refractivity contribution in [2.45, 2.75) is 6.54 Å². The maximum atomic E-state index is 12.0. The zero-order chi connectivity index (χ0) is 13.4. The quantitative estimate of drug-likeness (QED) is 0.753. The fourth-order valence-corrected chi connectivity index (χ4v) is 2.06. The van der Waals surface area contributed by atoms with Gasteiger partial charge in [-0.2, -0.15) is 11.8 Å². The Morgan fingerprint density at radius 2 is 1.83 bits per heavy atom. The predicted molar refractivity (Wildman–Crippen MR) is 78.8 cm³/mol. The second-order valence-corrected chi connectivity index (χ2v) is 5.40. The molecule has 0 spiro atoms. The molecule has 0 saturated heterocycles. The Hall–Kier alpha value is -1.00. The smallest absolute Gasteiger partial charge is 0.232 e. The molecule has 0 bridgehead atoms. The van der Waals surface area contributed by atoms with Crippen molar-refractivity contribution in [2.75, 3.05) is 39.2 Å². The van der Waals surface area contributed by atoms with E-state index >= 15 is 0 Å². The molecular formula is C14H22N2OS. The molecule has 0 N–H and O–H groups in total. The molecule has 0 unspecified atom stereocenters. The minimum atomic E-state index is 0.216. The summed E-state index contributed by atoms with van der Waals surface area (Å²) in [6.07, 6.45) is 1.96. The monoisotopic (exact) mass is 266 g/mol. The number of carbonyl (C=O) groups is 1. The van der Waals surface area contributed by atoms with Crippen LogP contribution in [0.5, 0.6) is 0 Å². The molecular weight excluding hydrogens is 244 g/mol. The van der Waals surface area contributed by atoms with Gasteiger partial charge in [0.05, 0.1) is 5.75 Å². The van der Waals surface area contributed by atoms with Gasteiger partial charge in [0.1, 0.15) is 0 Å². The van der Waals surface area contributed by atoms with Gasteiger partial charge in [-0.15, -0.1) is 0 Å². The number of thioether (sulfide) groups is 1. The van der Waals surface area contributed by atoms with Gasteiger partial charge in [-0.3, -0.25) is 4.79 Å². The van der Waals surface area contributed by atoms with Crippen molar-refractivity contribution in [2.24, 2.45) is 0 Å². The highest BCUT2D eigenvalue weighted by Crippen LogP contribution is 2.07. The van der Waals surface area contributed by atoms with Crippen LogP contribution in [0, 0.1) is 0 Å². The summed E-state index contributed by atoms with van der Waals surface area (Å²) in [6, 6.07) is 10.2. The Bertz CT molecular complexity index is 354. The SMILES string of the molecule is CSCC(=O)N(CCN(C)C)Cc1ccccc1. The van der Waals surface area contributed by atoms with E-state index in [-0.39, 0.29) is 5.91 Å². The van der Waals surface area contributed by atoms with Crippen molar-refractivity contribution in [3.63, 3.8) is 0 Å². The molecule has 0 atom stereocenters. The van der Waals surface area contributed by atoms with Gasteiger partial charge in [-0.05, 0) is 25.9 Å². The van der Waals surface area contributed by atoms with Gasteiger partial charge in [0, 0.05) is 19.6 Å². The molecule has 1 rings (SSSR count). The normalized spacial score (nSPS) is 10.7. The van der Waals surface area contributed by atoms with E-state index in [9.17, 15) is 4.79 Å². The van der Waals surface area contributed by atoms with Crippen molar-refractivity contribution in [1.82, 2.24) is 9.80 Å². The van der Waals surface area contributed by atoms with Crippen LogP contribution >= 0.6 is 11.8 Å². The standard InChI is InChI=1S/C14H22N2OS/c1-15(2)9-10-16(14(17)12-18-3)11-13-7-5-4-6-8-13/h4-8H,9-12H2,1-3H3. The van der Waals surface area contributed by atoms with Gasteiger partial charge in [-0.25, -0.2) is 0 Å². The van der Waals surface area contributed by atoms with Crippen LogP contribution in [0.2, 0.25) is 0 Å². The summed E-state index contributed by atoms with van der Waals surface area (Å²) in [6.45, 7) is 2.38. The third-order valence-electron chi connectivity index (χ3n) is 2.65. The first-order valence-electron chi connectivity index (χ1n) is 6.09. The van der Waals surface area contributed by atoms with Crippen molar-refractivity contribution >= 4 is 17.7 Å². The summed E-state index contributed by atoms with van der Waals surface area (Å²) < 4.78 is 0. The van der Waals surface area contributed by atoms with Gasteiger partial charge >= 0.3 is 0 Å². The lowest BCUT2D eigenvalue weighted by molar-refractivity contribution is -0.129. The molecule has 0 heterocycles. The molecule has 0 saturated carbocycles. The van der Waals surface area contributed by atoms with Crippen molar-refractivity contribution in [3.05, 3.63) is 35.9 Å². The molecule has 100 valence electrons. The molecule has 1 aromatic carbocycles. The number of nitrogens with zero attached hydrogens (tertiary/aromatic N) is 2. The van der Waals surface area contributed by atoms with Crippen LogP contribution < -0.4 is 0 Å². The van der Waals surface area contributed by atoms with Crippen molar-refractivity contribution < 1.29 is 4.79 Å². The second kappa shape index (κ2) is 8.16.